The minimum Gasteiger partial charge on any atom is -0.482 e. The number of Topliss-reactive ketones (excluding diaryl/α,β-unsaturated/α-hetero) is 1. The van der Waals surface area contributed by atoms with E-state index in [1.165, 1.54) is 0 Å². The third-order valence-corrected chi connectivity index (χ3v) is 4.86. The van der Waals surface area contributed by atoms with E-state index in [-0.39, 0.29) is 18.1 Å². The molecule has 3 aromatic rings. The van der Waals surface area contributed by atoms with E-state index in [4.69, 9.17) is 14.2 Å². The molecule has 0 unspecified atom stereocenters. The van der Waals surface area contributed by atoms with Crippen LogP contribution >= 0.6 is 0 Å². The number of allylic oxidation sites excluding steroid dienone is 1. The first kappa shape index (κ1) is 20.7. The number of benzene rings is 2. The van der Waals surface area contributed by atoms with Crippen molar-refractivity contribution in [3.63, 3.8) is 0 Å². The third kappa shape index (κ3) is 4.33. The highest BCUT2D eigenvalue weighted by molar-refractivity contribution is 6.15. The van der Waals surface area contributed by atoms with Gasteiger partial charge in [-0.2, -0.15) is 0 Å². The smallest absolute Gasteiger partial charge is 0.344 e. The van der Waals surface area contributed by atoms with E-state index in [9.17, 15) is 9.59 Å². The zero-order valence-corrected chi connectivity index (χ0v) is 18.1. The summed E-state index contributed by atoms with van der Waals surface area (Å²) in [5.74, 6) is 0.469. The molecule has 0 fully saturated rings. The van der Waals surface area contributed by atoms with E-state index in [0.29, 0.717) is 17.1 Å². The number of ether oxygens (including phenoxy) is 3. The molecule has 0 aliphatic carbocycles. The molecule has 0 amide bonds. The molecule has 1 aromatic heterocycles. The second-order valence-electron chi connectivity index (χ2n) is 8.36. The van der Waals surface area contributed by atoms with Gasteiger partial charge in [0.2, 0.25) is 5.78 Å². The first-order chi connectivity index (χ1) is 14.7. The molecular weight excluding hydrogens is 394 g/mol. The van der Waals surface area contributed by atoms with Crippen molar-refractivity contribution in [1.82, 2.24) is 4.57 Å². The second kappa shape index (κ2) is 7.95. The largest absolute Gasteiger partial charge is 0.482 e. The van der Waals surface area contributed by atoms with Gasteiger partial charge < -0.3 is 18.8 Å². The Morgan fingerprint density at radius 3 is 2.68 bits per heavy atom. The number of rotatable bonds is 5. The lowest BCUT2D eigenvalue weighted by atomic mass is 10.1. The van der Waals surface area contributed by atoms with Crippen molar-refractivity contribution in [1.29, 1.82) is 0 Å². The van der Waals surface area contributed by atoms with E-state index in [0.717, 1.165) is 23.0 Å². The molecule has 31 heavy (non-hydrogen) atoms. The Bertz CT molecular complexity index is 1200. The summed E-state index contributed by atoms with van der Waals surface area (Å²) in [6.07, 6.45) is 3.80. The van der Waals surface area contributed by atoms with Crippen LogP contribution in [0.25, 0.3) is 17.0 Å². The fourth-order valence-electron chi connectivity index (χ4n) is 3.56. The summed E-state index contributed by atoms with van der Waals surface area (Å²) in [4.78, 5) is 24.7. The van der Waals surface area contributed by atoms with Crippen LogP contribution in [0.4, 0.5) is 0 Å². The van der Waals surface area contributed by atoms with Crippen molar-refractivity contribution in [2.75, 3.05) is 6.61 Å². The summed E-state index contributed by atoms with van der Waals surface area (Å²) in [7, 11) is 0. The number of aryl methyl sites for hydroxylation is 1. The van der Waals surface area contributed by atoms with Crippen molar-refractivity contribution in [3.05, 3.63) is 65.5 Å². The minimum absolute atomic E-state index is 0.179. The maximum absolute atomic E-state index is 12.8. The lowest BCUT2D eigenvalue weighted by Crippen LogP contribution is -2.27. The van der Waals surface area contributed by atoms with Crippen LogP contribution in [0.1, 0.15) is 43.6 Å². The van der Waals surface area contributed by atoms with Gasteiger partial charge in [-0.25, -0.2) is 4.79 Å². The molecule has 0 saturated carbocycles. The predicted octanol–water partition coefficient (Wildman–Crippen LogP) is 5.00. The molecular formula is C25H25NO5. The SMILES string of the molecule is CCn1cc(/C=C2\Oc3cc(OCC(=O)OC(C)(C)C)ccc3C2=O)c2ccccc21. The maximum atomic E-state index is 12.8. The van der Waals surface area contributed by atoms with E-state index in [1.54, 1.807) is 45.0 Å². The number of nitrogens with zero attached hydrogens (tertiary/aromatic N) is 1. The van der Waals surface area contributed by atoms with Crippen LogP contribution in [0, 0.1) is 0 Å². The van der Waals surface area contributed by atoms with Crippen molar-refractivity contribution in [3.8, 4) is 11.5 Å². The Kier molecular flexibility index (Phi) is 5.31. The summed E-state index contributed by atoms with van der Waals surface area (Å²) in [6.45, 7) is 8.08. The molecule has 6 nitrogen and oxygen atoms in total. The summed E-state index contributed by atoms with van der Waals surface area (Å²) >= 11 is 0. The molecule has 0 saturated heterocycles. The quantitative estimate of drug-likeness (QED) is 0.430. The molecule has 6 heteroatoms. The Labute approximate surface area is 181 Å². The van der Waals surface area contributed by atoms with Crippen LogP contribution in [-0.2, 0) is 16.1 Å². The number of hydrogen-bond donors (Lipinski definition) is 0. The zero-order chi connectivity index (χ0) is 22.2. The molecule has 0 N–H and O–H groups in total. The van der Waals surface area contributed by atoms with E-state index >= 15 is 0 Å². The number of hydrogen-bond acceptors (Lipinski definition) is 5. The highest BCUT2D eigenvalue weighted by atomic mass is 16.6. The predicted molar refractivity (Wildman–Crippen MR) is 118 cm³/mol. The van der Waals surface area contributed by atoms with E-state index < -0.39 is 11.6 Å². The molecule has 0 atom stereocenters. The Hall–Kier alpha value is -3.54. The Morgan fingerprint density at radius 2 is 1.94 bits per heavy atom. The first-order valence-corrected chi connectivity index (χ1v) is 10.3. The summed E-state index contributed by atoms with van der Waals surface area (Å²) < 4.78 is 18.7. The van der Waals surface area contributed by atoms with Crippen LogP contribution in [0.3, 0.4) is 0 Å². The average Bonchev–Trinajstić information content (AvgIpc) is 3.23. The standard InChI is InChI=1S/C25H25NO5/c1-5-26-14-16(18-8-6-7-9-20(18)26)12-22-24(28)19-11-10-17(13-21(19)30-22)29-15-23(27)31-25(2,3)4/h6-14H,5,15H2,1-4H3/b22-12-. The van der Waals surface area contributed by atoms with Crippen LogP contribution < -0.4 is 9.47 Å². The third-order valence-electron chi connectivity index (χ3n) is 4.86. The average molecular weight is 419 g/mol. The molecule has 2 aromatic carbocycles. The van der Waals surface area contributed by atoms with Crippen LogP contribution in [-0.4, -0.2) is 28.5 Å². The van der Waals surface area contributed by atoms with Crippen molar-refractivity contribution in [2.45, 2.75) is 39.8 Å². The highest BCUT2D eigenvalue weighted by Crippen LogP contribution is 2.35. The summed E-state index contributed by atoms with van der Waals surface area (Å²) in [6, 6.07) is 13.0. The molecule has 1 aliphatic heterocycles. The van der Waals surface area contributed by atoms with Gasteiger partial charge in [-0.3, -0.25) is 4.79 Å². The minimum atomic E-state index is -0.575. The lowest BCUT2D eigenvalue weighted by molar-refractivity contribution is -0.157. The number of carbonyl (C=O) groups excluding carboxylic acids is 2. The van der Waals surface area contributed by atoms with Crippen molar-refractivity contribution in [2.24, 2.45) is 0 Å². The number of para-hydroxylation sites is 1. The van der Waals surface area contributed by atoms with E-state index in [1.807, 2.05) is 24.4 Å². The van der Waals surface area contributed by atoms with Gasteiger partial charge in [0.1, 0.15) is 17.1 Å². The van der Waals surface area contributed by atoms with Gasteiger partial charge in [0.05, 0.1) is 5.56 Å². The topological polar surface area (TPSA) is 66.8 Å². The monoisotopic (exact) mass is 419 g/mol. The van der Waals surface area contributed by atoms with Crippen LogP contribution in [0.2, 0.25) is 0 Å². The van der Waals surface area contributed by atoms with Gasteiger partial charge in [0, 0.05) is 35.3 Å². The zero-order valence-electron chi connectivity index (χ0n) is 18.1. The Morgan fingerprint density at radius 1 is 1.16 bits per heavy atom. The maximum Gasteiger partial charge on any atom is 0.344 e. The fourth-order valence-corrected chi connectivity index (χ4v) is 3.56. The van der Waals surface area contributed by atoms with Gasteiger partial charge in [-0.15, -0.1) is 0 Å². The van der Waals surface area contributed by atoms with E-state index in [2.05, 4.69) is 17.6 Å². The normalized spacial score (nSPS) is 14.6. The molecule has 1 aliphatic rings. The Balaban J connectivity index is 1.54. The van der Waals surface area contributed by atoms with Gasteiger partial charge in [-0.1, -0.05) is 18.2 Å². The van der Waals surface area contributed by atoms with Gasteiger partial charge >= 0.3 is 5.97 Å². The van der Waals surface area contributed by atoms with Crippen LogP contribution in [0.15, 0.2) is 54.4 Å². The number of esters is 1. The van der Waals surface area contributed by atoms with Gasteiger partial charge in [-0.05, 0) is 52.0 Å². The number of fused-ring (bicyclic) bond motifs is 2. The molecule has 4 rings (SSSR count). The molecule has 0 bridgehead atoms. The van der Waals surface area contributed by atoms with Crippen molar-refractivity contribution < 1.29 is 23.8 Å². The number of aromatic nitrogens is 1. The fraction of sp³-hybridized carbons (Fsp3) is 0.280. The van der Waals surface area contributed by atoms with Crippen LogP contribution in [0.5, 0.6) is 11.5 Å². The second-order valence-corrected chi connectivity index (χ2v) is 8.36. The van der Waals surface area contributed by atoms with Gasteiger partial charge in [0.15, 0.2) is 12.4 Å². The lowest BCUT2D eigenvalue weighted by Gasteiger charge is -2.19. The molecule has 2 heterocycles. The van der Waals surface area contributed by atoms with Crippen molar-refractivity contribution >= 4 is 28.7 Å². The number of ketones is 1. The molecule has 160 valence electrons. The first-order valence-electron chi connectivity index (χ1n) is 10.3. The molecule has 0 radical (unpaired) electrons. The summed E-state index contributed by atoms with van der Waals surface area (Å²) in [5, 5.41) is 1.06. The van der Waals surface area contributed by atoms with Gasteiger partial charge in [0.25, 0.3) is 0 Å². The summed E-state index contributed by atoms with van der Waals surface area (Å²) in [5.41, 5.74) is 1.93. The highest BCUT2D eigenvalue weighted by Gasteiger charge is 2.28. The number of carbonyl (C=O) groups is 2. The molecule has 0 spiro atoms.